The molecule has 1 aromatic heterocycles. The summed E-state index contributed by atoms with van der Waals surface area (Å²) in [5.74, 6) is 0.501. The third-order valence-electron chi connectivity index (χ3n) is 7.00. The van der Waals surface area contributed by atoms with Crippen LogP contribution in [0.2, 0.25) is 0 Å². The number of likely N-dealkylation sites (tertiary alicyclic amines) is 1. The predicted octanol–water partition coefficient (Wildman–Crippen LogP) is 6.16. The standard InChI is InChI=1S/C28H28F3N5O/c1-17-16-32-23-10-6-4-8-21(23)26(17)34-25-15-24(19-11-13-36(14-12-19)18(2)37)33-27(35-25)20-7-3-5-9-22(20)28(29,30)31/h3-10,15,19,32H,11-14,16H2,1-2H3,(H,33,34,35). The minimum absolute atomic E-state index is 0.00587. The van der Waals surface area contributed by atoms with Crippen molar-refractivity contribution in [2.24, 2.45) is 0 Å². The lowest BCUT2D eigenvalue weighted by Crippen LogP contribution is -2.36. The average molecular weight is 508 g/mol. The molecule has 2 aliphatic heterocycles. The van der Waals surface area contributed by atoms with Crippen molar-refractivity contribution in [1.29, 1.82) is 0 Å². The number of alkyl halides is 3. The molecule has 9 heteroatoms. The minimum atomic E-state index is -4.54. The van der Waals surface area contributed by atoms with E-state index in [-0.39, 0.29) is 23.2 Å². The summed E-state index contributed by atoms with van der Waals surface area (Å²) >= 11 is 0. The van der Waals surface area contributed by atoms with Crippen molar-refractivity contribution in [3.05, 3.63) is 77.0 Å². The van der Waals surface area contributed by atoms with Crippen molar-refractivity contribution in [2.45, 2.75) is 38.8 Å². The van der Waals surface area contributed by atoms with Crippen molar-refractivity contribution in [2.75, 3.05) is 30.3 Å². The van der Waals surface area contributed by atoms with Gasteiger partial charge in [-0.2, -0.15) is 13.2 Å². The van der Waals surface area contributed by atoms with Crippen LogP contribution >= 0.6 is 0 Å². The van der Waals surface area contributed by atoms with Gasteiger partial charge in [0, 0.05) is 66.7 Å². The van der Waals surface area contributed by atoms with E-state index in [1.165, 1.54) is 12.1 Å². The number of hydrogen-bond donors (Lipinski definition) is 2. The molecule has 1 amide bonds. The molecular formula is C28H28F3N5O. The maximum Gasteiger partial charge on any atom is 0.417 e. The van der Waals surface area contributed by atoms with E-state index in [0.717, 1.165) is 28.6 Å². The van der Waals surface area contributed by atoms with E-state index in [9.17, 15) is 18.0 Å². The normalized spacial score (nSPS) is 16.3. The number of anilines is 2. The largest absolute Gasteiger partial charge is 0.417 e. The third-order valence-corrected chi connectivity index (χ3v) is 7.00. The molecule has 0 bridgehead atoms. The molecule has 0 atom stereocenters. The lowest BCUT2D eigenvalue weighted by atomic mass is 9.92. The number of hydrogen-bond acceptors (Lipinski definition) is 5. The second kappa shape index (κ2) is 9.88. The van der Waals surface area contributed by atoms with Gasteiger partial charge in [0.05, 0.1) is 5.56 Å². The fourth-order valence-corrected chi connectivity index (χ4v) is 4.98. The van der Waals surface area contributed by atoms with E-state index in [1.54, 1.807) is 17.9 Å². The van der Waals surface area contributed by atoms with E-state index < -0.39 is 11.7 Å². The molecule has 2 aromatic carbocycles. The van der Waals surface area contributed by atoms with E-state index in [2.05, 4.69) is 20.6 Å². The quantitative estimate of drug-likeness (QED) is 0.443. The van der Waals surface area contributed by atoms with Crippen molar-refractivity contribution in [3.63, 3.8) is 0 Å². The number of fused-ring (bicyclic) bond motifs is 1. The Bertz CT molecular complexity index is 1360. The Morgan fingerprint density at radius 2 is 1.70 bits per heavy atom. The second-order valence-corrected chi connectivity index (χ2v) is 9.50. The Morgan fingerprint density at radius 1 is 1.03 bits per heavy atom. The summed E-state index contributed by atoms with van der Waals surface area (Å²) in [6.07, 6.45) is -3.17. The number of halogens is 3. The van der Waals surface area contributed by atoms with Crippen LogP contribution in [-0.4, -0.2) is 40.4 Å². The van der Waals surface area contributed by atoms with Crippen molar-refractivity contribution >= 4 is 23.1 Å². The number of aromatic nitrogens is 2. The predicted molar refractivity (Wildman–Crippen MR) is 138 cm³/mol. The molecule has 0 unspecified atom stereocenters. The molecule has 2 N–H and O–H groups in total. The van der Waals surface area contributed by atoms with Gasteiger partial charge in [0.15, 0.2) is 5.82 Å². The Hall–Kier alpha value is -3.88. The summed E-state index contributed by atoms with van der Waals surface area (Å²) < 4.78 is 41.6. The first-order chi connectivity index (χ1) is 17.7. The number of nitrogens with zero attached hydrogens (tertiary/aromatic N) is 3. The van der Waals surface area contributed by atoms with Crippen LogP contribution in [0.5, 0.6) is 0 Å². The number of rotatable bonds is 4. The number of piperidine rings is 1. The molecule has 0 spiro atoms. The zero-order chi connectivity index (χ0) is 26.2. The zero-order valence-electron chi connectivity index (χ0n) is 20.7. The van der Waals surface area contributed by atoms with Crippen LogP contribution in [0.25, 0.3) is 17.1 Å². The van der Waals surface area contributed by atoms with Gasteiger partial charge in [-0.1, -0.05) is 36.4 Å². The Labute approximate surface area is 213 Å². The van der Waals surface area contributed by atoms with Crippen molar-refractivity contribution in [1.82, 2.24) is 14.9 Å². The van der Waals surface area contributed by atoms with E-state index in [4.69, 9.17) is 0 Å². The highest BCUT2D eigenvalue weighted by Gasteiger charge is 2.34. The fourth-order valence-electron chi connectivity index (χ4n) is 4.98. The number of carbonyl (C=O) groups excluding carboxylic acids is 1. The highest BCUT2D eigenvalue weighted by molar-refractivity contribution is 5.87. The molecule has 0 radical (unpaired) electrons. The minimum Gasteiger partial charge on any atom is -0.381 e. The van der Waals surface area contributed by atoms with Gasteiger partial charge >= 0.3 is 6.18 Å². The molecular weight excluding hydrogens is 479 g/mol. The lowest BCUT2D eigenvalue weighted by Gasteiger charge is -2.31. The van der Waals surface area contributed by atoms with Gasteiger partial charge in [-0.05, 0) is 37.5 Å². The topological polar surface area (TPSA) is 70.2 Å². The van der Waals surface area contributed by atoms with Gasteiger partial charge < -0.3 is 15.5 Å². The maximum absolute atomic E-state index is 13.9. The van der Waals surface area contributed by atoms with Gasteiger partial charge in [-0.25, -0.2) is 9.97 Å². The summed E-state index contributed by atoms with van der Waals surface area (Å²) in [6, 6.07) is 15.1. The number of para-hydroxylation sites is 1. The number of carbonyl (C=O) groups is 1. The summed E-state index contributed by atoms with van der Waals surface area (Å²) in [7, 11) is 0. The Kier molecular flexibility index (Phi) is 6.62. The summed E-state index contributed by atoms with van der Waals surface area (Å²) in [6.45, 7) is 5.37. The summed E-state index contributed by atoms with van der Waals surface area (Å²) in [5.41, 5.74) is 3.73. The van der Waals surface area contributed by atoms with Gasteiger partial charge in [0.1, 0.15) is 5.82 Å². The lowest BCUT2D eigenvalue weighted by molar-refractivity contribution is -0.137. The molecule has 6 nitrogen and oxygen atoms in total. The van der Waals surface area contributed by atoms with E-state index in [0.29, 0.717) is 44.0 Å². The van der Waals surface area contributed by atoms with Crippen molar-refractivity contribution < 1.29 is 18.0 Å². The van der Waals surface area contributed by atoms with Crippen LogP contribution in [0.1, 0.15) is 49.4 Å². The molecule has 2 aliphatic rings. The van der Waals surface area contributed by atoms with Gasteiger partial charge in [-0.3, -0.25) is 4.79 Å². The van der Waals surface area contributed by atoms with Crippen LogP contribution in [0.3, 0.4) is 0 Å². The molecule has 1 fully saturated rings. The number of nitrogens with one attached hydrogen (secondary N) is 2. The maximum atomic E-state index is 13.9. The average Bonchev–Trinajstić information content (AvgIpc) is 2.90. The molecule has 3 aromatic rings. The fraction of sp³-hybridized carbons (Fsp3) is 0.321. The van der Waals surface area contributed by atoms with Gasteiger partial charge in [-0.15, -0.1) is 0 Å². The highest BCUT2D eigenvalue weighted by Crippen LogP contribution is 2.38. The molecule has 37 heavy (non-hydrogen) atoms. The molecule has 192 valence electrons. The van der Waals surface area contributed by atoms with Crippen LogP contribution in [-0.2, 0) is 11.0 Å². The highest BCUT2D eigenvalue weighted by atomic mass is 19.4. The first-order valence-electron chi connectivity index (χ1n) is 12.3. The molecule has 0 aliphatic carbocycles. The van der Waals surface area contributed by atoms with Gasteiger partial charge in [0.25, 0.3) is 0 Å². The molecule has 1 saturated heterocycles. The van der Waals surface area contributed by atoms with Crippen molar-refractivity contribution in [3.8, 4) is 11.4 Å². The monoisotopic (exact) mass is 507 g/mol. The smallest absolute Gasteiger partial charge is 0.381 e. The number of amides is 1. The second-order valence-electron chi connectivity index (χ2n) is 9.50. The van der Waals surface area contributed by atoms with Crippen LogP contribution in [0.4, 0.5) is 24.7 Å². The first kappa shape index (κ1) is 24.8. The van der Waals surface area contributed by atoms with Crippen LogP contribution in [0, 0.1) is 0 Å². The Morgan fingerprint density at radius 3 is 2.41 bits per heavy atom. The van der Waals surface area contributed by atoms with Crippen LogP contribution in [0.15, 0.2) is 60.2 Å². The molecule has 0 saturated carbocycles. The van der Waals surface area contributed by atoms with E-state index in [1.807, 2.05) is 37.3 Å². The van der Waals surface area contributed by atoms with Crippen LogP contribution < -0.4 is 10.6 Å². The molecule has 5 rings (SSSR count). The van der Waals surface area contributed by atoms with Gasteiger partial charge in [0.2, 0.25) is 5.91 Å². The Balaban J connectivity index is 1.58. The zero-order valence-corrected chi connectivity index (χ0v) is 20.7. The summed E-state index contributed by atoms with van der Waals surface area (Å²) in [5, 5.41) is 6.78. The molecule has 3 heterocycles. The third kappa shape index (κ3) is 5.16. The number of benzene rings is 2. The SMILES string of the molecule is CC(=O)N1CCC(c2cc(NC3=C(C)CNc4ccccc43)nc(-c3ccccc3C(F)(F)F)n2)CC1. The summed E-state index contributed by atoms with van der Waals surface area (Å²) in [4.78, 5) is 22.8. The van der Waals surface area contributed by atoms with E-state index >= 15 is 0 Å². The first-order valence-corrected chi connectivity index (χ1v) is 12.3.